The first-order valence-electron chi connectivity index (χ1n) is 6.82. The van der Waals surface area contributed by atoms with Gasteiger partial charge in [-0.2, -0.15) is 13.2 Å². The fourth-order valence-corrected chi connectivity index (χ4v) is 2.68. The van der Waals surface area contributed by atoms with Crippen molar-refractivity contribution in [2.75, 3.05) is 6.54 Å². The normalized spacial score (nSPS) is 11.8. The lowest BCUT2D eigenvalue weighted by molar-refractivity contribution is -0.135. The van der Waals surface area contributed by atoms with Crippen LogP contribution in [0.1, 0.15) is 24.3 Å². The van der Waals surface area contributed by atoms with Gasteiger partial charge in [0.25, 0.3) is 0 Å². The van der Waals surface area contributed by atoms with E-state index in [-0.39, 0.29) is 6.42 Å². The van der Waals surface area contributed by atoms with Gasteiger partial charge in [0.15, 0.2) is 0 Å². The predicted molar refractivity (Wildman–Crippen MR) is 79.2 cm³/mol. The molecule has 114 valence electrons. The van der Waals surface area contributed by atoms with E-state index in [1.54, 1.807) is 11.3 Å². The Balaban J connectivity index is 1.69. The third-order valence-electron chi connectivity index (χ3n) is 2.96. The van der Waals surface area contributed by atoms with E-state index in [4.69, 9.17) is 0 Å². The van der Waals surface area contributed by atoms with Gasteiger partial charge in [0.1, 0.15) is 5.01 Å². The van der Waals surface area contributed by atoms with E-state index in [1.165, 1.54) is 0 Å². The summed E-state index contributed by atoms with van der Waals surface area (Å²) in [7, 11) is 0. The first-order valence-corrected chi connectivity index (χ1v) is 7.70. The number of thiazole rings is 1. The molecule has 0 radical (unpaired) electrons. The Labute approximate surface area is 126 Å². The summed E-state index contributed by atoms with van der Waals surface area (Å²) in [6, 6.07) is 9.90. The number of hydrogen-bond donors (Lipinski definition) is 1. The molecule has 0 aliphatic rings. The molecular weight excluding hydrogens is 297 g/mol. The number of rotatable bonds is 7. The Hall–Kier alpha value is -1.40. The molecule has 2 rings (SSSR count). The van der Waals surface area contributed by atoms with E-state index in [0.29, 0.717) is 19.5 Å². The number of alkyl halides is 3. The molecule has 1 N–H and O–H groups in total. The van der Waals surface area contributed by atoms with Gasteiger partial charge in [-0.05, 0) is 19.4 Å². The average Bonchev–Trinajstić information content (AvgIpc) is 2.91. The number of nitrogens with zero attached hydrogens (tertiary/aromatic N) is 1. The predicted octanol–water partition coefficient (Wildman–Crippen LogP) is 4.63. The molecule has 0 saturated heterocycles. The topological polar surface area (TPSA) is 24.9 Å². The van der Waals surface area contributed by atoms with Crippen LogP contribution in [0.15, 0.2) is 35.7 Å². The minimum Gasteiger partial charge on any atom is -0.310 e. The van der Waals surface area contributed by atoms with Crippen molar-refractivity contribution in [3.8, 4) is 11.3 Å². The summed E-state index contributed by atoms with van der Waals surface area (Å²) < 4.78 is 35.9. The maximum Gasteiger partial charge on any atom is 0.389 e. The molecule has 1 aromatic carbocycles. The van der Waals surface area contributed by atoms with Crippen LogP contribution in [0.5, 0.6) is 0 Å². The fraction of sp³-hybridized carbons (Fsp3) is 0.400. The van der Waals surface area contributed by atoms with Gasteiger partial charge in [-0.1, -0.05) is 30.3 Å². The van der Waals surface area contributed by atoms with Crippen LogP contribution in [-0.4, -0.2) is 17.7 Å². The van der Waals surface area contributed by atoms with E-state index in [1.807, 2.05) is 35.7 Å². The molecule has 21 heavy (non-hydrogen) atoms. The molecule has 1 heterocycles. The van der Waals surface area contributed by atoms with Crippen LogP contribution in [0, 0.1) is 0 Å². The van der Waals surface area contributed by atoms with E-state index in [0.717, 1.165) is 16.3 Å². The standard InChI is InChI=1S/C15H17F3N2S/c16-15(17,18)8-4-5-9-19-10-14-20-13(11-21-14)12-6-2-1-3-7-12/h1-3,6-7,11,19H,4-5,8-10H2. The summed E-state index contributed by atoms with van der Waals surface area (Å²) in [6.45, 7) is 1.18. The van der Waals surface area contributed by atoms with Crippen LogP contribution in [-0.2, 0) is 6.54 Å². The van der Waals surface area contributed by atoms with Crippen molar-refractivity contribution in [1.82, 2.24) is 10.3 Å². The Bertz CT molecular complexity index is 537. The molecule has 0 atom stereocenters. The average molecular weight is 314 g/mol. The molecule has 0 fully saturated rings. The van der Waals surface area contributed by atoms with Crippen molar-refractivity contribution in [2.45, 2.75) is 32.0 Å². The highest BCUT2D eigenvalue weighted by molar-refractivity contribution is 7.09. The summed E-state index contributed by atoms with van der Waals surface area (Å²) >= 11 is 1.56. The Morgan fingerprint density at radius 3 is 2.57 bits per heavy atom. The van der Waals surface area contributed by atoms with Gasteiger partial charge in [-0.15, -0.1) is 11.3 Å². The smallest absolute Gasteiger partial charge is 0.310 e. The molecule has 6 heteroatoms. The van der Waals surface area contributed by atoms with Crippen LogP contribution in [0.25, 0.3) is 11.3 Å². The second-order valence-corrected chi connectivity index (χ2v) is 5.68. The molecule has 0 saturated carbocycles. The Kier molecular flexibility index (Phi) is 5.76. The summed E-state index contributed by atoms with van der Waals surface area (Å²) in [4.78, 5) is 4.51. The van der Waals surface area contributed by atoms with Gasteiger partial charge in [0, 0.05) is 23.9 Å². The summed E-state index contributed by atoms with van der Waals surface area (Å²) in [5.74, 6) is 0. The lowest BCUT2D eigenvalue weighted by Crippen LogP contribution is -2.15. The van der Waals surface area contributed by atoms with Gasteiger partial charge in [-0.3, -0.25) is 0 Å². The number of nitrogens with one attached hydrogen (secondary N) is 1. The Morgan fingerprint density at radius 1 is 1.10 bits per heavy atom. The van der Waals surface area contributed by atoms with E-state index in [2.05, 4.69) is 10.3 Å². The highest BCUT2D eigenvalue weighted by atomic mass is 32.1. The van der Waals surface area contributed by atoms with Crippen LogP contribution in [0.4, 0.5) is 13.2 Å². The summed E-state index contributed by atoms with van der Waals surface area (Å²) in [6.07, 6.45) is -4.05. The molecular formula is C15H17F3N2S. The van der Waals surface area contributed by atoms with Crippen LogP contribution < -0.4 is 5.32 Å². The third kappa shape index (κ3) is 5.85. The largest absolute Gasteiger partial charge is 0.389 e. The van der Waals surface area contributed by atoms with Crippen molar-refractivity contribution < 1.29 is 13.2 Å². The highest BCUT2D eigenvalue weighted by Gasteiger charge is 2.25. The van der Waals surface area contributed by atoms with Crippen molar-refractivity contribution >= 4 is 11.3 Å². The SMILES string of the molecule is FC(F)(F)CCCCNCc1nc(-c2ccccc2)cs1. The fourth-order valence-electron chi connectivity index (χ4n) is 1.90. The van der Waals surface area contributed by atoms with Crippen LogP contribution >= 0.6 is 11.3 Å². The van der Waals surface area contributed by atoms with Gasteiger partial charge in [-0.25, -0.2) is 4.98 Å². The number of halogens is 3. The van der Waals surface area contributed by atoms with Crippen molar-refractivity contribution in [1.29, 1.82) is 0 Å². The van der Waals surface area contributed by atoms with E-state index < -0.39 is 12.6 Å². The molecule has 1 aromatic heterocycles. The van der Waals surface area contributed by atoms with E-state index in [9.17, 15) is 13.2 Å². The number of benzene rings is 1. The highest BCUT2D eigenvalue weighted by Crippen LogP contribution is 2.22. The molecule has 0 unspecified atom stereocenters. The second-order valence-electron chi connectivity index (χ2n) is 4.74. The Morgan fingerprint density at radius 2 is 1.86 bits per heavy atom. The molecule has 0 bridgehead atoms. The van der Waals surface area contributed by atoms with Crippen molar-refractivity contribution in [3.05, 3.63) is 40.7 Å². The lowest BCUT2D eigenvalue weighted by Gasteiger charge is -2.06. The van der Waals surface area contributed by atoms with Crippen molar-refractivity contribution in [3.63, 3.8) is 0 Å². The monoisotopic (exact) mass is 314 g/mol. The van der Waals surface area contributed by atoms with E-state index >= 15 is 0 Å². The second kappa shape index (κ2) is 7.56. The summed E-state index contributed by atoms with van der Waals surface area (Å²) in [5, 5.41) is 6.08. The number of aromatic nitrogens is 1. The zero-order chi connectivity index (χ0) is 15.1. The molecule has 0 aliphatic heterocycles. The molecule has 2 nitrogen and oxygen atoms in total. The van der Waals surface area contributed by atoms with Crippen molar-refractivity contribution in [2.24, 2.45) is 0 Å². The van der Waals surface area contributed by atoms with Gasteiger partial charge < -0.3 is 5.32 Å². The zero-order valence-electron chi connectivity index (χ0n) is 11.5. The number of unbranched alkanes of at least 4 members (excludes halogenated alkanes) is 1. The quantitative estimate of drug-likeness (QED) is 0.754. The molecule has 0 spiro atoms. The minimum atomic E-state index is -4.04. The summed E-state index contributed by atoms with van der Waals surface area (Å²) in [5.41, 5.74) is 2.01. The first kappa shape index (κ1) is 16.0. The molecule has 0 amide bonds. The van der Waals surface area contributed by atoms with Gasteiger partial charge in [0.2, 0.25) is 0 Å². The lowest BCUT2D eigenvalue weighted by atomic mass is 10.2. The van der Waals surface area contributed by atoms with Gasteiger partial charge >= 0.3 is 6.18 Å². The number of hydrogen-bond acceptors (Lipinski definition) is 3. The van der Waals surface area contributed by atoms with Gasteiger partial charge in [0.05, 0.1) is 5.69 Å². The first-order chi connectivity index (χ1) is 10.0. The molecule has 2 aromatic rings. The zero-order valence-corrected chi connectivity index (χ0v) is 12.3. The maximum atomic E-state index is 12.0. The third-order valence-corrected chi connectivity index (χ3v) is 3.81. The van der Waals surface area contributed by atoms with Crippen LogP contribution in [0.2, 0.25) is 0 Å². The molecule has 0 aliphatic carbocycles. The van der Waals surface area contributed by atoms with Crippen LogP contribution in [0.3, 0.4) is 0 Å². The minimum absolute atomic E-state index is 0.170. The maximum absolute atomic E-state index is 12.0.